The Balaban J connectivity index is 0.000000293. The zero-order valence-electron chi connectivity index (χ0n) is 20.4. The Morgan fingerprint density at radius 2 is 0.561 bits per heavy atom. The molecular weight excluding hydrogens is 693 g/mol. The van der Waals surface area contributed by atoms with Gasteiger partial charge in [0.05, 0.1) is 37.3 Å². The SMILES string of the molecule is O=[N+]([O-])[O-].O=[N+]([O-])[O-].O=[N+]([O-])[O-].[Dy+3].c1cnc2c(c1)ccc1cccnc12.c1cnc2c(c1)ccc1cccnc12. The van der Waals surface area contributed by atoms with Crippen molar-refractivity contribution in [3.63, 3.8) is 0 Å². The van der Waals surface area contributed by atoms with Gasteiger partial charge in [0.15, 0.2) is 0 Å². The van der Waals surface area contributed by atoms with E-state index in [1.807, 2.05) is 24.3 Å². The van der Waals surface area contributed by atoms with Gasteiger partial charge in [0.2, 0.25) is 0 Å². The maximum absolute atomic E-state index is 8.25. The van der Waals surface area contributed by atoms with Gasteiger partial charge in [-0.1, -0.05) is 48.5 Å². The van der Waals surface area contributed by atoms with Gasteiger partial charge in [-0.2, -0.15) is 0 Å². The molecule has 0 bridgehead atoms. The van der Waals surface area contributed by atoms with Crippen molar-refractivity contribution in [2.75, 3.05) is 0 Å². The molecular formula is C24H16DyN7O9. The molecule has 4 aromatic heterocycles. The Hall–Kier alpha value is -5.05. The van der Waals surface area contributed by atoms with Crippen molar-refractivity contribution in [1.82, 2.24) is 19.9 Å². The molecule has 0 aliphatic carbocycles. The number of fused-ring (bicyclic) bond motifs is 6. The summed E-state index contributed by atoms with van der Waals surface area (Å²) in [5.74, 6) is 0. The Morgan fingerprint density at radius 1 is 0.390 bits per heavy atom. The van der Waals surface area contributed by atoms with E-state index >= 15 is 0 Å². The predicted molar refractivity (Wildman–Crippen MR) is 145 cm³/mol. The molecule has 6 rings (SSSR count). The van der Waals surface area contributed by atoms with Crippen LogP contribution >= 0.6 is 0 Å². The normalized spacial score (nSPS) is 9.17. The second-order valence-electron chi connectivity index (χ2n) is 7.10. The second-order valence-corrected chi connectivity index (χ2v) is 7.10. The molecule has 0 unspecified atom stereocenters. The maximum atomic E-state index is 8.25. The first-order valence-electron chi connectivity index (χ1n) is 10.7. The Bertz CT molecular complexity index is 1500. The summed E-state index contributed by atoms with van der Waals surface area (Å²) in [4.78, 5) is 42.1. The fourth-order valence-electron chi connectivity index (χ4n) is 3.36. The Morgan fingerprint density at radius 3 is 0.732 bits per heavy atom. The molecule has 211 valence electrons. The summed E-state index contributed by atoms with van der Waals surface area (Å²) < 4.78 is 0. The van der Waals surface area contributed by atoms with Crippen LogP contribution in [-0.4, -0.2) is 35.2 Å². The third-order valence-corrected chi connectivity index (χ3v) is 4.69. The molecule has 0 aliphatic rings. The van der Waals surface area contributed by atoms with E-state index in [9.17, 15) is 0 Å². The molecule has 1 radical (unpaired) electrons. The molecule has 0 saturated heterocycles. The van der Waals surface area contributed by atoms with Gasteiger partial charge >= 0.3 is 38.2 Å². The standard InChI is InChI=1S/2C12H8N2.Dy.3NO3/c2*1-3-9-5-6-10-4-2-8-14-12(10)11(9)13-7-1;;3*2-1(3)4/h2*1-8H;;;;/q;;+3;3*-1. The molecule has 0 aliphatic heterocycles. The third kappa shape index (κ3) is 11.7. The molecule has 0 atom stereocenters. The number of hydrogen-bond acceptors (Lipinski definition) is 13. The summed E-state index contributed by atoms with van der Waals surface area (Å²) in [6, 6.07) is 24.3. The van der Waals surface area contributed by atoms with Gasteiger partial charge in [-0.15, -0.1) is 0 Å². The van der Waals surface area contributed by atoms with Crippen LogP contribution < -0.4 is 0 Å². The summed E-state index contributed by atoms with van der Waals surface area (Å²) in [6.07, 6.45) is 7.21. The van der Waals surface area contributed by atoms with E-state index in [0.717, 1.165) is 43.6 Å². The maximum Gasteiger partial charge on any atom is 3.00 e. The molecule has 6 aromatic rings. The predicted octanol–water partition coefficient (Wildman–Crippen LogP) is 4.85. The summed E-state index contributed by atoms with van der Waals surface area (Å²) in [6.45, 7) is 0. The van der Waals surface area contributed by atoms with Crippen molar-refractivity contribution in [2.24, 2.45) is 0 Å². The Labute approximate surface area is 259 Å². The van der Waals surface area contributed by atoms with Gasteiger partial charge in [0.25, 0.3) is 0 Å². The number of benzene rings is 2. The van der Waals surface area contributed by atoms with E-state index in [-0.39, 0.29) is 38.2 Å². The average molecular weight is 709 g/mol. The molecule has 0 N–H and O–H groups in total. The first-order valence-corrected chi connectivity index (χ1v) is 10.7. The van der Waals surface area contributed by atoms with Crippen LogP contribution in [0.5, 0.6) is 0 Å². The minimum atomic E-state index is -1.75. The summed E-state index contributed by atoms with van der Waals surface area (Å²) >= 11 is 0. The fourth-order valence-corrected chi connectivity index (χ4v) is 3.36. The van der Waals surface area contributed by atoms with Crippen LogP contribution in [0.25, 0.3) is 43.6 Å². The first-order chi connectivity index (χ1) is 19.1. The van der Waals surface area contributed by atoms with Crippen molar-refractivity contribution in [3.8, 4) is 0 Å². The molecule has 41 heavy (non-hydrogen) atoms. The Kier molecular flexibility index (Phi) is 14.5. The van der Waals surface area contributed by atoms with Crippen molar-refractivity contribution in [1.29, 1.82) is 0 Å². The van der Waals surface area contributed by atoms with Gasteiger partial charge in [0, 0.05) is 46.3 Å². The third-order valence-electron chi connectivity index (χ3n) is 4.69. The first kappa shape index (κ1) is 34.0. The monoisotopic (exact) mass is 710 g/mol. The van der Waals surface area contributed by atoms with Crippen molar-refractivity contribution in [2.45, 2.75) is 0 Å². The summed E-state index contributed by atoms with van der Waals surface area (Å²) in [7, 11) is 0. The van der Waals surface area contributed by atoms with Gasteiger partial charge in [-0.3, -0.25) is 19.9 Å². The molecule has 0 amide bonds. The second kappa shape index (κ2) is 17.5. The molecule has 2 aromatic carbocycles. The van der Waals surface area contributed by atoms with Gasteiger partial charge < -0.3 is 46.0 Å². The van der Waals surface area contributed by atoms with Gasteiger partial charge in [0.1, 0.15) is 0 Å². The summed E-state index contributed by atoms with van der Waals surface area (Å²) in [5.41, 5.74) is 3.91. The van der Waals surface area contributed by atoms with E-state index in [4.69, 9.17) is 46.0 Å². The van der Waals surface area contributed by atoms with Crippen LogP contribution in [0.15, 0.2) is 97.6 Å². The largest absolute Gasteiger partial charge is 3.00 e. The van der Waals surface area contributed by atoms with Crippen LogP contribution in [0.3, 0.4) is 0 Å². The molecule has 16 nitrogen and oxygen atoms in total. The number of hydrogen-bond donors (Lipinski definition) is 0. The van der Waals surface area contributed by atoms with Crippen molar-refractivity contribution >= 4 is 43.6 Å². The molecule has 0 spiro atoms. The van der Waals surface area contributed by atoms with Crippen molar-refractivity contribution < 1.29 is 53.4 Å². The van der Waals surface area contributed by atoms with Gasteiger partial charge in [-0.05, 0) is 24.3 Å². The fraction of sp³-hybridized carbons (Fsp3) is 0. The van der Waals surface area contributed by atoms with E-state index in [1.165, 1.54) is 0 Å². The number of pyridine rings is 4. The molecule has 4 heterocycles. The zero-order valence-corrected chi connectivity index (χ0v) is 22.4. The van der Waals surface area contributed by atoms with Gasteiger partial charge in [-0.25, -0.2) is 0 Å². The van der Waals surface area contributed by atoms with Crippen LogP contribution in [-0.2, 0) is 0 Å². The average Bonchev–Trinajstić information content (AvgIpc) is 2.92. The van der Waals surface area contributed by atoms with Crippen LogP contribution in [0.2, 0.25) is 0 Å². The van der Waals surface area contributed by atoms with Crippen LogP contribution in [0.1, 0.15) is 0 Å². The van der Waals surface area contributed by atoms with E-state index in [0.29, 0.717) is 0 Å². The van der Waals surface area contributed by atoms with Crippen LogP contribution in [0.4, 0.5) is 0 Å². The van der Waals surface area contributed by atoms with Crippen LogP contribution in [0, 0.1) is 84.1 Å². The molecule has 0 fully saturated rings. The summed E-state index contributed by atoms with van der Waals surface area (Å²) in [5, 5.41) is 48.8. The molecule has 17 heteroatoms. The minimum absolute atomic E-state index is 0. The van der Waals surface area contributed by atoms with Crippen molar-refractivity contribution in [3.05, 3.63) is 144 Å². The quantitative estimate of drug-likeness (QED) is 0.116. The van der Waals surface area contributed by atoms with E-state index < -0.39 is 15.3 Å². The minimum Gasteiger partial charge on any atom is -0.356 e. The number of aromatic nitrogens is 4. The number of rotatable bonds is 0. The number of nitrogens with zero attached hydrogens (tertiary/aromatic N) is 7. The topological polar surface area (TPSA) is 250 Å². The smallest absolute Gasteiger partial charge is 0.356 e. The zero-order chi connectivity index (χ0) is 29.5. The van der Waals surface area contributed by atoms with E-state index in [2.05, 4.69) is 68.5 Å². The van der Waals surface area contributed by atoms with E-state index in [1.54, 1.807) is 24.8 Å². The molecule has 0 saturated carbocycles.